The minimum absolute atomic E-state index is 0.192. The van der Waals surface area contributed by atoms with E-state index in [1.54, 1.807) is 6.08 Å². The third-order valence-corrected chi connectivity index (χ3v) is 11.9. The summed E-state index contributed by atoms with van der Waals surface area (Å²) in [7, 11) is 0. The van der Waals surface area contributed by atoms with Crippen molar-refractivity contribution in [3.8, 4) is 0 Å². The molecule has 7 atom stereocenters. The first-order valence-corrected chi connectivity index (χ1v) is 25.4. The maximum absolute atomic E-state index is 13.0. The highest BCUT2D eigenvalue weighted by Crippen LogP contribution is 2.22. The second kappa shape index (κ2) is 42.1. The van der Waals surface area contributed by atoms with Gasteiger partial charge in [0, 0.05) is 6.42 Å². The molecule has 1 rings (SSSR count). The zero-order valence-corrected chi connectivity index (χ0v) is 39.2. The van der Waals surface area contributed by atoms with Crippen LogP contribution in [-0.2, 0) is 14.3 Å². The van der Waals surface area contributed by atoms with E-state index >= 15 is 0 Å². The van der Waals surface area contributed by atoms with Crippen LogP contribution in [0.4, 0.5) is 0 Å². The first-order valence-electron chi connectivity index (χ1n) is 25.4. The van der Waals surface area contributed by atoms with Crippen LogP contribution in [0.25, 0.3) is 0 Å². The zero-order valence-electron chi connectivity index (χ0n) is 39.2. The van der Waals surface area contributed by atoms with Crippen LogP contribution in [0, 0.1) is 0 Å². The van der Waals surface area contributed by atoms with Gasteiger partial charge in [0.25, 0.3) is 0 Å². The van der Waals surface area contributed by atoms with Crippen LogP contribution in [-0.4, -0.2) is 87.5 Å². The van der Waals surface area contributed by atoms with Gasteiger partial charge in [0.15, 0.2) is 6.29 Å². The van der Waals surface area contributed by atoms with E-state index in [2.05, 4.69) is 55.6 Å². The molecule has 0 aromatic carbocycles. The molecule has 6 N–H and O–H groups in total. The minimum atomic E-state index is -1.57. The maximum atomic E-state index is 13.0. The molecule has 9 nitrogen and oxygen atoms in total. The summed E-state index contributed by atoms with van der Waals surface area (Å²) in [6.07, 6.45) is 47.4. The molecule has 0 radical (unpaired) electrons. The summed E-state index contributed by atoms with van der Waals surface area (Å²) in [6.45, 7) is 3.74. The molecule has 9 heteroatoms. The number of ether oxygens (including phenoxy) is 2. The van der Waals surface area contributed by atoms with Crippen molar-refractivity contribution in [2.24, 2.45) is 0 Å². The van der Waals surface area contributed by atoms with Gasteiger partial charge in [0.2, 0.25) is 5.91 Å². The van der Waals surface area contributed by atoms with Crippen molar-refractivity contribution in [2.75, 3.05) is 13.2 Å². The highest BCUT2D eigenvalue weighted by Gasteiger charge is 2.44. The predicted molar refractivity (Wildman–Crippen MR) is 253 cm³/mol. The first kappa shape index (κ1) is 57.2. The van der Waals surface area contributed by atoms with Gasteiger partial charge < -0.3 is 40.3 Å². The summed E-state index contributed by atoms with van der Waals surface area (Å²) in [5.74, 6) is -0.192. The van der Waals surface area contributed by atoms with Crippen LogP contribution < -0.4 is 5.32 Å². The number of carbonyl (C=O) groups excluding carboxylic acids is 1. The topological polar surface area (TPSA) is 149 Å². The van der Waals surface area contributed by atoms with Crippen molar-refractivity contribution in [2.45, 2.75) is 262 Å². The summed E-state index contributed by atoms with van der Waals surface area (Å²) in [5.41, 5.74) is 0. The molecule has 0 bridgehead atoms. The Balaban J connectivity index is 2.27. The Morgan fingerprint density at radius 3 is 1.48 bits per heavy atom. The average molecular weight is 862 g/mol. The second-order valence-corrected chi connectivity index (χ2v) is 17.6. The van der Waals surface area contributed by atoms with Crippen LogP contribution >= 0.6 is 0 Å². The van der Waals surface area contributed by atoms with Crippen molar-refractivity contribution in [3.63, 3.8) is 0 Å². The molecule has 0 spiro atoms. The van der Waals surface area contributed by atoms with E-state index in [0.29, 0.717) is 6.42 Å². The van der Waals surface area contributed by atoms with Crippen molar-refractivity contribution in [3.05, 3.63) is 48.6 Å². The standard InChI is InChI=1S/C52H95NO8/c1-3-5-7-9-11-13-15-17-18-19-20-21-22-23-24-25-26-27-28-30-32-34-36-38-40-42-48(56)53-45(44-60-52-51(59)50(58)49(57)47(43-54)61-52)46(55)41-39-37-35-33-31-29-16-14-12-10-8-6-4-2/h20-21,23-24,31,33,39,41,45-47,49-52,54-55,57-59H,3-19,22,25-30,32,34-38,40,42-44H2,1-2H3,(H,53,56)/b21-20-,24-23-,33-31+,41-39+. The average Bonchev–Trinajstić information content (AvgIpc) is 3.26. The van der Waals surface area contributed by atoms with E-state index in [-0.39, 0.29) is 12.5 Å². The zero-order chi connectivity index (χ0) is 44.4. The summed E-state index contributed by atoms with van der Waals surface area (Å²) < 4.78 is 11.2. The Morgan fingerprint density at radius 1 is 0.557 bits per heavy atom. The van der Waals surface area contributed by atoms with Crippen LogP contribution in [0.2, 0.25) is 0 Å². The maximum Gasteiger partial charge on any atom is 0.220 e. The van der Waals surface area contributed by atoms with E-state index in [1.165, 1.54) is 154 Å². The van der Waals surface area contributed by atoms with E-state index in [9.17, 15) is 30.3 Å². The van der Waals surface area contributed by atoms with Crippen LogP contribution in [0.15, 0.2) is 48.6 Å². The van der Waals surface area contributed by atoms with E-state index in [0.717, 1.165) is 44.9 Å². The molecule has 1 saturated heterocycles. The van der Waals surface area contributed by atoms with Gasteiger partial charge in [-0.1, -0.05) is 197 Å². The number of unbranched alkanes of at least 4 members (excludes halogenated alkanes) is 26. The molecule has 1 heterocycles. The molecule has 1 amide bonds. The largest absolute Gasteiger partial charge is 0.394 e. The molecule has 1 aliphatic rings. The second-order valence-electron chi connectivity index (χ2n) is 17.6. The Bertz CT molecular complexity index is 1090. The molecule has 356 valence electrons. The lowest BCUT2D eigenvalue weighted by Gasteiger charge is -2.40. The number of carbonyl (C=O) groups is 1. The van der Waals surface area contributed by atoms with Gasteiger partial charge in [-0.2, -0.15) is 0 Å². The van der Waals surface area contributed by atoms with Crippen molar-refractivity contribution in [1.82, 2.24) is 5.32 Å². The van der Waals surface area contributed by atoms with E-state index < -0.39 is 49.5 Å². The number of hydrogen-bond acceptors (Lipinski definition) is 8. The van der Waals surface area contributed by atoms with Gasteiger partial charge in [0.1, 0.15) is 24.4 Å². The van der Waals surface area contributed by atoms with Crippen molar-refractivity contribution in [1.29, 1.82) is 0 Å². The fraction of sp³-hybridized carbons (Fsp3) is 0.827. The van der Waals surface area contributed by atoms with Gasteiger partial charge >= 0.3 is 0 Å². The number of nitrogens with one attached hydrogen (secondary N) is 1. The molecule has 61 heavy (non-hydrogen) atoms. The Morgan fingerprint density at radius 2 is 0.984 bits per heavy atom. The molecular formula is C52H95NO8. The Kier molecular flexibility index (Phi) is 39.5. The lowest BCUT2D eigenvalue weighted by Crippen LogP contribution is -2.60. The van der Waals surface area contributed by atoms with E-state index in [4.69, 9.17) is 9.47 Å². The highest BCUT2D eigenvalue weighted by molar-refractivity contribution is 5.76. The number of allylic oxidation sites excluding steroid dienone is 7. The number of rotatable bonds is 42. The highest BCUT2D eigenvalue weighted by atomic mass is 16.7. The van der Waals surface area contributed by atoms with Gasteiger partial charge in [-0.25, -0.2) is 0 Å². The molecular weight excluding hydrogens is 767 g/mol. The molecule has 1 fully saturated rings. The molecule has 0 aliphatic carbocycles. The SMILES string of the molecule is CCCCCCCCC/C=C/CC/C=C/C(O)C(COC1OC(CO)C(O)C(O)C1O)NC(=O)CCCCCCCCCCC/C=C\C/C=C\CCCCCCCCCCC. The molecule has 0 aromatic rings. The summed E-state index contributed by atoms with van der Waals surface area (Å²) in [4.78, 5) is 13.0. The fourth-order valence-corrected chi connectivity index (χ4v) is 7.79. The van der Waals surface area contributed by atoms with Crippen LogP contribution in [0.1, 0.15) is 219 Å². The van der Waals surface area contributed by atoms with Gasteiger partial charge in [0.05, 0.1) is 25.4 Å². The van der Waals surface area contributed by atoms with Crippen LogP contribution in [0.5, 0.6) is 0 Å². The van der Waals surface area contributed by atoms with Gasteiger partial charge in [-0.15, -0.1) is 0 Å². The van der Waals surface area contributed by atoms with Gasteiger partial charge in [-0.3, -0.25) is 4.79 Å². The van der Waals surface area contributed by atoms with Crippen molar-refractivity contribution < 1.29 is 39.8 Å². The smallest absolute Gasteiger partial charge is 0.220 e. The predicted octanol–water partition coefficient (Wildman–Crippen LogP) is 11.4. The van der Waals surface area contributed by atoms with Gasteiger partial charge in [-0.05, 0) is 64.2 Å². The molecule has 0 saturated carbocycles. The number of hydrogen-bond donors (Lipinski definition) is 6. The minimum Gasteiger partial charge on any atom is -0.394 e. The monoisotopic (exact) mass is 862 g/mol. The lowest BCUT2D eigenvalue weighted by molar-refractivity contribution is -0.302. The van der Waals surface area contributed by atoms with Crippen molar-refractivity contribution >= 4 is 5.91 Å². The number of aliphatic hydroxyl groups excluding tert-OH is 5. The fourth-order valence-electron chi connectivity index (χ4n) is 7.79. The Labute approximate surface area is 373 Å². The molecule has 0 aromatic heterocycles. The number of aliphatic hydroxyl groups is 5. The Hall–Kier alpha value is -1.85. The third-order valence-electron chi connectivity index (χ3n) is 11.9. The number of amides is 1. The summed E-state index contributed by atoms with van der Waals surface area (Å²) in [6, 6.07) is -0.824. The lowest BCUT2D eigenvalue weighted by atomic mass is 9.99. The van der Waals surface area contributed by atoms with E-state index in [1.807, 2.05) is 6.08 Å². The summed E-state index contributed by atoms with van der Waals surface area (Å²) in [5, 5.41) is 54.2. The summed E-state index contributed by atoms with van der Waals surface area (Å²) >= 11 is 0. The quantitative estimate of drug-likeness (QED) is 0.0262. The molecule has 7 unspecified atom stereocenters. The molecule has 1 aliphatic heterocycles. The normalized spacial score (nSPS) is 20.8. The third kappa shape index (κ3) is 32.5. The first-order chi connectivity index (χ1) is 29.8. The van der Waals surface area contributed by atoms with Crippen LogP contribution in [0.3, 0.4) is 0 Å².